The van der Waals surface area contributed by atoms with Gasteiger partial charge >= 0.3 is 0 Å². The second kappa shape index (κ2) is 8.69. The summed E-state index contributed by atoms with van der Waals surface area (Å²) in [6.45, 7) is 4.15. The molecule has 3 N–H and O–H groups in total. The second-order valence-electron chi connectivity index (χ2n) is 7.42. The van der Waals surface area contributed by atoms with Gasteiger partial charge in [0.1, 0.15) is 5.75 Å². The van der Waals surface area contributed by atoms with Crippen LogP contribution in [0.15, 0.2) is 83.8 Å². The smallest absolute Gasteiger partial charge is 0.262 e. The third-order valence-electron chi connectivity index (χ3n) is 4.91. The number of anilines is 1. The predicted molar refractivity (Wildman–Crippen MR) is 117 cm³/mol. The fourth-order valence-electron chi connectivity index (χ4n) is 3.06. The number of carbonyl (C=O) groups excluding carboxylic acids is 1. The van der Waals surface area contributed by atoms with E-state index in [0.29, 0.717) is 11.4 Å². The third-order valence-corrected chi connectivity index (χ3v) is 5.84. The normalized spacial score (nSPS) is 11.7. The lowest BCUT2D eigenvalue weighted by molar-refractivity contribution is -0.118. The fourth-order valence-corrected chi connectivity index (χ4v) is 3.58. The van der Waals surface area contributed by atoms with Gasteiger partial charge in [-0.2, -0.15) is 0 Å². The van der Waals surface area contributed by atoms with Gasteiger partial charge in [-0.1, -0.05) is 56.3 Å². The summed E-state index contributed by atoms with van der Waals surface area (Å²) in [6.07, 6.45) is 0. The maximum absolute atomic E-state index is 12.1. The van der Waals surface area contributed by atoms with Gasteiger partial charge in [0.2, 0.25) is 10.0 Å². The molecule has 3 rings (SSSR count). The van der Waals surface area contributed by atoms with Gasteiger partial charge in [0.25, 0.3) is 5.91 Å². The van der Waals surface area contributed by atoms with E-state index in [0.717, 1.165) is 5.56 Å². The Labute approximate surface area is 176 Å². The molecule has 156 valence electrons. The highest BCUT2D eigenvalue weighted by Gasteiger charge is 2.22. The highest BCUT2D eigenvalue weighted by molar-refractivity contribution is 7.89. The van der Waals surface area contributed by atoms with Crippen LogP contribution in [0, 0.1) is 0 Å². The fraction of sp³-hybridized carbons (Fsp3) is 0.174. The molecular weight excluding hydrogens is 400 g/mol. The summed E-state index contributed by atoms with van der Waals surface area (Å²) in [7, 11) is -3.76. The molecule has 0 atom stereocenters. The minimum atomic E-state index is -3.76. The summed E-state index contributed by atoms with van der Waals surface area (Å²) < 4.78 is 28.1. The van der Waals surface area contributed by atoms with Gasteiger partial charge in [0.05, 0.1) is 4.90 Å². The van der Waals surface area contributed by atoms with E-state index in [4.69, 9.17) is 9.88 Å². The van der Waals surface area contributed by atoms with Gasteiger partial charge in [-0.15, -0.1) is 0 Å². The molecule has 7 heteroatoms. The Balaban J connectivity index is 1.58. The van der Waals surface area contributed by atoms with Gasteiger partial charge in [-0.05, 0) is 47.5 Å². The Morgan fingerprint density at radius 1 is 0.900 bits per heavy atom. The van der Waals surface area contributed by atoms with Crippen molar-refractivity contribution >= 4 is 21.6 Å². The number of rotatable bonds is 7. The standard InChI is InChI=1S/C23H24N2O4S/c1-23(2,17-6-4-3-5-7-17)18-8-12-20(13-9-18)29-16-22(26)25-19-10-14-21(15-11-19)30(24,27)28/h3-15H,16H2,1-2H3,(H,25,26)(H2,24,27,28). The number of hydrogen-bond donors (Lipinski definition) is 2. The van der Waals surface area contributed by atoms with E-state index in [2.05, 4.69) is 31.3 Å². The largest absolute Gasteiger partial charge is 0.484 e. The number of benzene rings is 3. The lowest BCUT2D eigenvalue weighted by atomic mass is 9.78. The molecule has 0 spiro atoms. The van der Waals surface area contributed by atoms with Crippen LogP contribution in [0.25, 0.3) is 0 Å². The van der Waals surface area contributed by atoms with Gasteiger partial charge in [0.15, 0.2) is 6.61 Å². The van der Waals surface area contributed by atoms with Crippen molar-refractivity contribution in [2.45, 2.75) is 24.2 Å². The Morgan fingerprint density at radius 2 is 1.47 bits per heavy atom. The van der Waals surface area contributed by atoms with Crippen molar-refractivity contribution in [1.29, 1.82) is 0 Å². The molecule has 3 aromatic carbocycles. The minimum absolute atomic E-state index is 0.0183. The highest BCUT2D eigenvalue weighted by Crippen LogP contribution is 2.32. The second-order valence-corrected chi connectivity index (χ2v) is 8.98. The summed E-state index contributed by atoms with van der Waals surface area (Å²) >= 11 is 0. The number of nitrogens with two attached hydrogens (primary N) is 1. The molecule has 1 amide bonds. The van der Waals surface area contributed by atoms with Crippen LogP contribution in [0.4, 0.5) is 5.69 Å². The van der Waals surface area contributed by atoms with E-state index in [1.165, 1.54) is 29.8 Å². The molecule has 0 heterocycles. The maximum Gasteiger partial charge on any atom is 0.262 e. The summed E-state index contributed by atoms with van der Waals surface area (Å²) in [4.78, 5) is 12.1. The number of nitrogens with one attached hydrogen (secondary N) is 1. The molecule has 0 fully saturated rings. The average Bonchev–Trinajstić information content (AvgIpc) is 2.73. The number of carbonyl (C=O) groups is 1. The summed E-state index contributed by atoms with van der Waals surface area (Å²) in [6, 6.07) is 23.5. The van der Waals surface area contributed by atoms with Crippen LogP contribution >= 0.6 is 0 Å². The van der Waals surface area contributed by atoms with Gasteiger partial charge in [0, 0.05) is 11.1 Å². The molecule has 0 saturated heterocycles. The van der Waals surface area contributed by atoms with E-state index >= 15 is 0 Å². The Bertz CT molecular complexity index is 1110. The van der Waals surface area contributed by atoms with Crippen molar-refractivity contribution < 1.29 is 17.9 Å². The van der Waals surface area contributed by atoms with Gasteiger partial charge in [-0.3, -0.25) is 4.79 Å². The first-order chi connectivity index (χ1) is 14.2. The van der Waals surface area contributed by atoms with Crippen LogP contribution in [-0.2, 0) is 20.2 Å². The lowest BCUT2D eigenvalue weighted by Crippen LogP contribution is -2.21. The molecule has 0 bridgehead atoms. The number of hydrogen-bond acceptors (Lipinski definition) is 4. The van der Waals surface area contributed by atoms with E-state index in [1.54, 1.807) is 0 Å². The average molecular weight is 425 g/mol. The predicted octanol–water partition coefficient (Wildman–Crippen LogP) is 3.68. The van der Waals surface area contributed by atoms with Crippen molar-refractivity contribution in [3.63, 3.8) is 0 Å². The number of amides is 1. The molecule has 3 aromatic rings. The van der Waals surface area contributed by atoms with Crippen LogP contribution in [0.5, 0.6) is 5.75 Å². The van der Waals surface area contributed by atoms with Crippen LogP contribution in [0.2, 0.25) is 0 Å². The summed E-state index contributed by atoms with van der Waals surface area (Å²) in [5.41, 5.74) is 2.66. The first-order valence-electron chi connectivity index (χ1n) is 9.38. The van der Waals surface area contributed by atoms with Gasteiger partial charge in [-0.25, -0.2) is 13.6 Å². The highest BCUT2D eigenvalue weighted by atomic mass is 32.2. The monoisotopic (exact) mass is 424 g/mol. The topological polar surface area (TPSA) is 98.5 Å². The van der Waals surface area contributed by atoms with Crippen LogP contribution in [0.1, 0.15) is 25.0 Å². The van der Waals surface area contributed by atoms with Crippen molar-refractivity contribution in [3.05, 3.63) is 90.0 Å². The Kier molecular flexibility index (Phi) is 6.24. The van der Waals surface area contributed by atoms with Crippen LogP contribution in [0.3, 0.4) is 0 Å². The molecule has 0 aliphatic rings. The van der Waals surface area contributed by atoms with Crippen molar-refractivity contribution in [1.82, 2.24) is 0 Å². The molecule has 0 radical (unpaired) electrons. The molecular formula is C23H24N2O4S. The Hall–Kier alpha value is -3.16. The molecule has 0 aromatic heterocycles. The van der Waals surface area contributed by atoms with Crippen molar-refractivity contribution in [2.24, 2.45) is 5.14 Å². The Morgan fingerprint density at radius 3 is 2.03 bits per heavy atom. The van der Waals surface area contributed by atoms with E-state index in [1.807, 2.05) is 42.5 Å². The first-order valence-corrected chi connectivity index (χ1v) is 10.9. The molecule has 6 nitrogen and oxygen atoms in total. The van der Waals surface area contributed by atoms with E-state index in [9.17, 15) is 13.2 Å². The van der Waals surface area contributed by atoms with E-state index < -0.39 is 10.0 Å². The third kappa shape index (κ3) is 5.25. The zero-order valence-corrected chi connectivity index (χ0v) is 17.6. The molecule has 0 aliphatic heterocycles. The number of ether oxygens (including phenoxy) is 1. The maximum atomic E-state index is 12.1. The lowest BCUT2D eigenvalue weighted by Gasteiger charge is -2.26. The van der Waals surface area contributed by atoms with Crippen molar-refractivity contribution in [2.75, 3.05) is 11.9 Å². The first kappa shape index (κ1) is 21.5. The van der Waals surface area contributed by atoms with Gasteiger partial charge < -0.3 is 10.1 Å². The molecule has 0 aliphatic carbocycles. The zero-order chi connectivity index (χ0) is 21.8. The van der Waals surface area contributed by atoms with Crippen LogP contribution < -0.4 is 15.2 Å². The summed E-state index contributed by atoms with van der Waals surface area (Å²) in [5, 5.41) is 7.70. The van der Waals surface area contributed by atoms with Crippen LogP contribution in [-0.4, -0.2) is 20.9 Å². The van der Waals surface area contributed by atoms with E-state index in [-0.39, 0.29) is 22.8 Å². The number of sulfonamides is 1. The minimum Gasteiger partial charge on any atom is -0.484 e. The molecule has 0 unspecified atom stereocenters. The molecule has 30 heavy (non-hydrogen) atoms. The zero-order valence-electron chi connectivity index (χ0n) is 16.8. The quantitative estimate of drug-likeness (QED) is 0.604. The molecule has 0 saturated carbocycles. The summed E-state index contributed by atoms with van der Waals surface area (Å²) in [5.74, 6) is 0.231. The van der Waals surface area contributed by atoms with Crippen molar-refractivity contribution in [3.8, 4) is 5.75 Å². The SMILES string of the molecule is CC(C)(c1ccccc1)c1ccc(OCC(=O)Nc2ccc(S(N)(=O)=O)cc2)cc1. The number of primary sulfonamides is 1.